The summed E-state index contributed by atoms with van der Waals surface area (Å²) in [7, 11) is -3.82. The highest BCUT2D eigenvalue weighted by atomic mass is 32.2. The highest BCUT2D eigenvalue weighted by Gasteiger charge is 2.36. The first kappa shape index (κ1) is 21.7. The third-order valence-electron chi connectivity index (χ3n) is 5.53. The van der Waals surface area contributed by atoms with Crippen molar-refractivity contribution in [3.63, 3.8) is 0 Å². The van der Waals surface area contributed by atoms with Gasteiger partial charge in [-0.25, -0.2) is 8.42 Å². The summed E-state index contributed by atoms with van der Waals surface area (Å²) < 4.78 is 28.3. The Balaban J connectivity index is 1.54. The second-order valence-electron chi connectivity index (χ2n) is 7.81. The van der Waals surface area contributed by atoms with Crippen LogP contribution in [0.5, 0.6) is 0 Å². The number of amides is 2. The van der Waals surface area contributed by atoms with E-state index in [2.05, 4.69) is 10.0 Å². The summed E-state index contributed by atoms with van der Waals surface area (Å²) in [5.74, 6) is -0.582. The van der Waals surface area contributed by atoms with Crippen LogP contribution in [0.2, 0.25) is 0 Å². The Morgan fingerprint density at radius 3 is 2.52 bits per heavy atom. The maximum Gasteiger partial charge on any atom is 0.261 e. The molecule has 0 spiro atoms. The minimum absolute atomic E-state index is 0.0488. The number of fused-ring (bicyclic) bond motifs is 1. The summed E-state index contributed by atoms with van der Waals surface area (Å²) in [5, 5.41) is 1.88. The average molecular weight is 460 g/mol. The molecule has 1 fully saturated rings. The van der Waals surface area contributed by atoms with Crippen LogP contribution >= 0.6 is 11.8 Å². The zero-order valence-corrected chi connectivity index (χ0v) is 18.9. The quantitative estimate of drug-likeness (QED) is 0.681. The maximum atomic E-state index is 12.9. The molecule has 2 N–H and O–H groups in total. The molecule has 1 saturated heterocycles. The Morgan fingerprint density at radius 1 is 1.10 bits per heavy atom. The van der Waals surface area contributed by atoms with Gasteiger partial charge in [0, 0.05) is 18.0 Å². The molecule has 7 nitrogen and oxygen atoms in total. The molecule has 2 aliphatic rings. The first-order valence-corrected chi connectivity index (χ1v) is 12.7. The van der Waals surface area contributed by atoms with Crippen LogP contribution < -0.4 is 10.0 Å². The van der Waals surface area contributed by atoms with Crippen molar-refractivity contribution in [1.29, 1.82) is 0 Å². The van der Waals surface area contributed by atoms with E-state index in [0.717, 1.165) is 31.2 Å². The van der Waals surface area contributed by atoms with Gasteiger partial charge in [0.25, 0.3) is 10.0 Å². The lowest BCUT2D eigenvalue weighted by Gasteiger charge is -2.28. The van der Waals surface area contributed by atoms with Gasteiger partial charge in [0.15, 0.2) is 5.25 Å². The average Bonchev–Trinajstić information content (AvgIpc) is 3.03. The van der Waals surface area contributed by atoms with Crippen molar-refractivity contribution in [2.24, 2.45) is 0 Å². The molecule has 0 aromatic heterocycles. The van der Waals surface area contributed by atoms with E-state index in [9.17, 15) is 18.0 Å². The number of thioether (sulfide) groups is 1. The molecule has 2 heterocycles. The van der Waals surface area contributed by atoms with E-state index in [1.165, 1.54) is 23.9 Å². The fourth-order valence-corrected chi connectivity index (χ4v) is 5.98. The second kappa shape index (κ2) is 8.92. The van der Waals surface area contributed by atoms with Gasteiger partial charge in [-0.1, -0.05) is 31.0 Å². The predicted molar refractivity (Wildman–Crippen MR) is 122 cm³/mol. The van der Waals surface area contributed by atoms with Gasteiger partial charge in [0.2, 0.25) is 11.8 Å². The van der Waals surface area contributed by atoms with Crippen LogP contribution in [0.4, 0.5) is 11.4 Å². The molecule has 0 bridgehead atoms. The molecule has 0 radical (unpaired) electrons. The van der Waals surface area contributed by atoms with E-state index in [1.54, 1.807) is 23.1 Å². The number of carbonyl (C=O) groups is 2. The molecule has 0 aliphatic carbocycles. The smallest absolute Gasteiger partial charge is 0.261 e. The third kappa shape index (κ3) is 4.72. The summed E-state index contributed by atoms with van der Waals surface area (Å²) >= 11 is 1.18. The highest BCUT2D eigenvalue weighted by molar-refractivity contribution is 8.01. The topological polar surface area (TPSA) is 95.6 Å². The number of carbonyl (C=O) groups excluding carboxylic acids is 2. The van der Waals surface area contributed by atoms with Crippen LogP contribution in [-0.2, 0) is 19.6 Å². The van der Waals surface area contributed by atoms with Crippen LogP contribution in [0.15, 0.2) is 52.3 Å². The van der Waals surface area contributed by atoms with E-state index in [1.807, 2.05) is 19.1 Å². The van der Waals surface area contributed by atoms with Crippen molar-refractivity contribution >= 4 is 45.0 Å². The second-order valence-corrected chi connectivity index (χ2v) is 10.6. The number of nitrogens with zero attached hydrogens (tertiary/aromatic N) is 1. The lowest BCUT2D eigenvalue weighted by molar-refractivity contribution is -0.133. The minimum Gasteiger partial charge on any atom is -0.341 e. The lowest BCUT2D eigenvalue weighted by Crippen LogP contribution is -2.45. The Morgan fingerprint density at radius 2 is 1.81 bits per heavy atom. The Kier molecular flexibility index (Phi) is 6.24. The van der Waals surface area contributed by atoms with Crippen molar-refractivity contribution < 1.29 is 18.0 Å². The summed E-state index contributed by atoms with van der Waals surface area (Å²) in [6, 6.07) is 11.7. The molecule has 4 rings (SSSR count). The molecule has 1 atom stereocenters. The maximum absolute atomic E-state index is 12.9. The van der Waals surface area contributed by atoms with Gasteiger partial charge in [-0.2, -0.15) is 0 Å². The fraction of sp³-hybridized carbons (Fsp3) is 0.364. The van der Waals surface area contributed by atoms with Crippen molar-refractivity contribution in [2.45, 2.75) is 47.6 Å². The zero-order valence-electron chi connectivity index (χ0n) is 17.3. The fourth-order valence-electron chi connectivity index (χ4n) is 3.77. The van der Waals surface area contributed by atoms with Gasteiger partial charge in [-0.3, -0.25) is 14.3 Å². The van der Waals surface area contributed by atoms with Crippen LogP contribution in [0, 0.1) is 6.92 Å². The molecule has 0 unspecified atom stereocenters. The number of para-hydroxylation sites is 1. The summed E-state index contributed by atoms with van der Waals surface area (Å²) in [6.45, 7) is 3.18. The normalized spacial score (nSPS) is 19.2. The number of aryl methyl sites for hydroxylation is 1. The largest absolute Gasteiger partial charge is 0.341 e. The van der Waals surface area contributed by atoms with Crippen LogP contribution in [0.25, 0.3) is 0 Å². The lowest BCUT2D eigenvalue weighted by atomic mass is 10.2. The number of nitrogens with one attached hydrogen (secondary N) is 2. The summed E-state index contributed by atoms with van der Waals surface area (Å²) in [5.41, 5.74) is 1.71. The number of hydrogen-bond donors (Lipinski definition) is 2. The number of rotatable bonds is 4. The van der Waals surface area contributed by atoms with Crippen LogP contribution in [0.1, 0.15) is 31.2 Å². The number of anilines is 2. The molecule has 0 saturated carbocycles. The van der Waals surface area contributed by atoms with E-state index in [0.29, 0.717) is 29.4 Å². The van der Waals surface area contributed by atoms with E-state index in [-0.39, 0.29) is 10.8 Å². The van der Waals surface area contributed by atoms with Crippen molar-refractivity contribution in [1.82, 2.24) is 4.90 Å². The SMILES string of the molecule is Cc1ccccc1NS(=O)(=O)c1ccc2c(c1)NC(=O)[C@@H](C(=O)N1CCCCCC1)S2. The van der Waals surface area contributed by atoms with Crippen LogP contribution in [-0.4, -0.2) is 43.5 Å². The number of benzene rings is 2. The number of likely N-dealkylation sites (tertiary alicyclic amines) is 1. The minimum atomic E-state index is -3.82. The highest BCUT2D eigenvalue weighted by Crippen LogP contribution is 2.38. The summed E-state index contributed by atoms with van der Waals surface area (Å²) in [4.78, 5) is 28.1. The van der Waals surface area contributed by atoms with Crippen LogP contribution in [0.3, 0.4) is 0 Å². The molecule has 31 heavy (non-hydrogen) atoms. The van der Waals surface area contributed by atoms with Gasteiger partial charge >= 0.3 is 0 Å². The Bertz CT molecular complexity index is 1110. The predicted octanol–water partition coefficient (Wildman–Crippen LogP) is 3.61. The van der Waals surface area contributed by atoms with Crippen molar-refractivity contribution in [2.75, 3.05) is 23.1 Å². The zero-order chi connectivity index (χ0) is 22.0. The molecule has 9 heteroatoms. The molecule has 164 valence electrons. The van der Waals surface area contributed by atoms with Gasteiger partial charge < -0.3 is 10.2 Å². The van der Waals surface area contributed by atoms with Gasteiger partial charge in [0.05, 0.1) is 16.3 Å². The molecule has 2 aromatic rings. The van der Waals surface area contributed by atoms with Crippen molar-refractivity contribution in [3.8, 4) is 0 Å². The first-order chi connectivity index (χ1) is 14.8. The Hall–Kier alpha value is -2.52. The molecular formula is C22H25N3O4S2. The van der Waals surface area contributed by atoms with Crippen molar-refractivity contribution in [3.05, 3.63) is 48.0 Å². The van der Waals surface area contributed by atoms with Gasteiger partial charge in [0.1, 0.15) is 0 Å². The standard InChI is InChI=1S/C22H25N3O4S2/c1-15-8-4-5-9-17(15)24-31(28,29)16-10-11-19-18(14-16)23-21(26)20(30-19)22(27)25-12-6-2-3-7-13-25/h4-5,8-11,14,20,24H,2-3,6-7,12-13H2,1H3,(H,23,26)/t20-/m0/s1. The molecule has 2 aliphatic heterocycles. The van der Waals surface area contributed by atoms with Gasteiger partial charge in [-0.05, 0) is 49.6 Å². The monoisotopic (exact) mass is 459 g/mol. The van der Waals surface area contributed by atoms with E-state index >= 15 is 0 Å². The third-order valence-corrected chi connectivity index (χ3v) is 8.16. The number of sulfonamides is 1. The summed E-state index contributed by atoms with van der Waals surface area (Å²) in [6.07, 6.45) is 4.11. The number of hydrogen-bond acceptors (Lipinski definition) is 5. The molecular weight excluding hydrogens is 434 g/mol. The van der Waals surface area contributed by atoms with E-state index in [4.69, 9.17) is 0 Å². The molecule has 2 aromatic carbocycles. The van der Waals surface area contributed by atoms with Gasteiger partial charge in [-0.15, -0.1) is 11.8 Å². The first-order valence-electron chi connectivity index (χ1n) is 10.3. The molecule has 2 amide bonds. The Labute approximate surface area is 186 Å². The van der Waals surface area contributed by atoms with E-state index < -0.39 is 21.2 Å².